The van der Waals surface area contributed by atoms with Crippen LogP contribution in [-0.4, -0.2) is 38.9 Å². The molecule has 0 spiro atoms. The summed E-state index contributed by atoms with van der Waals surface area (Å²) in [5, 5.41) is 0. The zero-order valence-electron chi connectivity index (χ0n) is 15.8. The van der Waals surface area contributed by atoms with Crippen LogP contribution < -0.4 is 0 Å². The van der Waals surface area contributed by atoms with Crippen LogP contribution in [0.1, 0.15) is 45.6 Å². The molecule has 25 heavy (non-hydrogen) atoms. The van der Waals surface area contributed by atoms with Crippen molar-refractivity contribution in [1.82, 2.24) is 0 Å². The fourth-order valence-corrected chi connectivity index (χ4v) is 4.90. The molecule has 0 heterocycles. The molecular formula is C20H32O3S2. The Morgan fingerprint density at radius 1 is 1.20 bits per heavy atom. The van der Waals surface area contributed by atoms with Crippen LogP contribution in [0.15, 0.2) is 29.2 Å². The molecule has 0 aromatic heterocycles. The summed E-state index contributed by atoms with van der Waals surface area (Å²) in [7, 11) is -3.01. The molecule has 0 aliphatic heterocycles. The van der Waals surface area contributed by atoms with Crippen molar-refractivity contribution >= 4 is 21.6 Å². The zero-order chi connectivity index (χ0) is 18.3. The summed E-state index contributed by atoms with van der Waals surface area (Å²) in [5.74, 6) is 2.53. The minimum atomic E-state index is -3.01. The number of rotatable bonds is 11. The van der Waals surface area contributed by atoms with Crippen LogP contribution in [0.3, 0.4) is 0 Å². The Kier molecular flexibility index (Phi) is 7.84. The number of hydrogen-bond donors (Lipinski definition) is 0. The van der Waals surface area contributed by atoms with Crippen LogP contribution in [0.25, 0.3) is 0 Å². The number of benzene rings is 1. The molecule has 5 heteroatoms. The first kappa shape index (κ1) is 20.8. The Balaban J connectivity index is 1.68. The van der Waals surface area contributed by atoms with Crippen molar-refractivity contribution < 1.29 is 13.2 Å². The third-order valence-electron chi connectivity index (χ3n) is 4.06. The van der Waals surface area contributed by atoms with Crippen LogP contribution in [0.4, 0.5) is 0 Å². The van der Waals surface area contributed by atoms with Gasteiger partial charge in [0.15, 0.2) is 9.84 Å². The van der Waals surface area contributed by atoms with Gasteiger partial charge in [-0.05, 0) is 54.7 Å². The molecule has 0 N–H and O–H groups in total. The van der Waals surface area contributed by atoms with Crippen LogP contribution in [0.2, 0.25) is 0 Å². The van der Waals surface area contributed by atoms with Gasteiger partial charge in [-0.1, -0.05) is 32.9 Å². The smallest absolute Gasteiger partial charge is 0.150 e. The van der Waals surface area contributed by atoms with Crippen molar-refractivity contribution in [3.05, 3.63) is 29.8 Å². The van der Waals surface area contributed by atoms with E-state index in [9.17, 15) is 8.42 Å². The topological polar surface area (TPSA) is 43.4 Å². The molecule has 2 rings (SSSR count). The van der Waals surface area contributed by atoms with E-state index in [1.165, 1.54) is 23.5 Å². The molecule has 0 bridgehead atoms. The fraction of sp³-hybridized carbons (Fsp3) is 0.700. The second-order valence-electron chi connectivity index (χ2n) is 8.27. The van der Waals surface area contributed by atoms with E-state index in [1.54, 1.807) is 0 Å². The van der Waals surface area contributed by atoms with Gasteiger partial charge in [0.2, 0.25) is 0 Å². The molecule has 1 aliphatic rings. The van der Waals surface area contributed by atoms with Crippen molar-refractivity contribution in [2.75, 3.05) is 30.5 Å². The van der Waals surface area contributed by atoms with Crippen LogP contribution in [-0.2, 0) is 21.0 Å². The number of ether oxygens (including phenoxy) is 1. The molecule has 0 saturated heterocycles. The Morgan fingerprint density at radius 2 is 1.96 bits per heavy atom. The van der Waals surface area contributed by atoms with E-state index in [0.717, 1.165) is 11.5 Å². The Labute approximate surface area is 157 Å². The van der Waals surface area contributed by atoms with Gasteiger partial charge in [0.05, 0.1) is 18.1 Å². The highest BCUT2D eigenvalue weighted by Gasteiger charge is 2.21. The van der Waals surface area contributed by atoms with Gasteiger partial charge in [-0.15, -0.1) is 11.8 Å². The van der Waals surface area contributed by atoms with E-state index >= 15 is 0 Å². The average molecular weight is 385 g/mol. The molecule has 1 aromatic rings. The van der Waals surface area contributed by atoms with Gasteiger partial charge in [0.25, 0.3) is 0 Å². The largest absolute Gasteiger partial charge is 0.381 e. The minimum absolute atomic E-state index is 0.126. The Bertz CT molecular complexity index is 629. The maximum Gasteiger partial charge on any atom is 0.150 e. The van der Waals surface area contributed by atoms with E-state index in [0.29, 0.717) is 26.1 Å². The van der Waals surface area contributed by atoms with Crippen LogP contribution >= 0.6 is 11.8 Å². The highest BCUT2D eigenvalue weighted by atomic mass is 32.2. The molecule has 0 amide bonds. The predicted octanol–water partition coefficient (Wildman–Crippen LogP) is 4.60. The minimum Gasteiger partial charge on any atom is -0.381 e. The van der Waals surface area contributed by atoms with Gasteiger partial charge in [-0.2, -0.15) is 0 Å². The van der Waals surface area contributed by atoms with E-state index in [-0.39, 0.29) is 16.9 Å². The van der Waals surface area contributed by atoms with E-state index < -0.39 is 9.84 Å². The lowest BCUT2D eigenvalue weighted by atomic mass is 9.99. The zero-order valence-corrected chi connectivity index (χ0v) is 17.4. The molecule has 3 nitrogen and oxygen atoms in total. The first-order valence-corrected chi connectivity index (χ1v) is 12.0. The number of thioether (sulfide) groups is 1. The van der Waals surface area contributed by atoms with Gasteiger partial charge in [-0.3, -0.25) is 0 Å². The SMILES string of the molecule is CC(C)(C)COCCCS(=O)(=O)CCc1cccc(SCC2CC2)c1. The molecule has 1 aliphatic carbocycles. The maximum atomic E-state index is 12.2. The lowest BCUT2D eigenvalue weighted by Crippen LogP contribution is -2.18. The van der Waals surface area contributed by atoms with Gasteiger partial charge < -0.3 is 4.74 Å². The maximum absolute atomic E-state index is 12.2. The van der Waals surface area contributed by atoms with E-state index in [1.807, 2.05) is 23.9 Å². The highest BCUT2D eigenvalue weighted by molar-refractivity contribution is 7.99. The summed E-state index contributed by atoms with van der Waals surface area (Å²) < 4.78 is 30.0. The highest BCUT2D eigenvalue weighted by Crippen LogP contribution is 2.35. The second kappa shape index (κ2) is 9.43. The second-order valence-corrected chi connectivity index (χ2v) is 11.7. The van der Waals surface area contributed by atoms with Crippen molar-refractivity contribution in [2.24, 2.45) is 11.3 Å². The third-order valence-corrected chi connectivity index (χ3v) is 7.02. The van der Waals surface area contributed by atoms with Crippen molar-refractivity contribution in [3.8, 4) is 0 Å². The van der Waals surface area contributed by atoms with Crippen molar-refractivity contribution in [1.29, 1.82) is 0 Å². The monoisotopic (exact) mass is 384 g/mol. The first-order chi connectivity index (χ1) is 11.7. The summed E-state index contributed by atoms with van der Waals surface area (Å²) in [6, 6.07) is 8.34. The van der Waals surface area contributed by atoms with Crippen LogP contribution in [0, 0.1) is 11.3 Å². The molecule has 0 unspecified atom stereocenters. The molecular weight excluding hydrogens is 352 g/mol. The fourth-order valence-electron chi connectivity index (χ4n) is 2.42. The van der Waals surface area contributed by atoms with Gasteiger partial charge >= 0.3 is 0 Å². The van der Waals surface area contributed by atoms with E-state index in [4.69, 9.17) is 4.74 Å². The van der Waals surface area contributed by atoms with Gasteiger partial charge in [0.1, 0.15) is 0 Å². The van der Waals surface area contributed by atoms with Crippen molar-refractivity contribution in [3.63, 3.8) is 0 Å². The molecule has 1 aromatic carbocycles. The molecule has 142 valence electrons. The van der Waals surface area contributed by atoms with Gasteiger partial charge in [0, 0.05) is 17.3 Å². The lowest BCUT2D eigenvalue weighted by molar-refractivity contribution is 0.0720. The Hall–Kier alpha value is -0.520. The van der Waals surface area contributed by atoms with Gasteiger partial charge in [-0.25, -0.2) is 8.42 Å². The first-order valence-electron chi connectivity index (χ1n) is 9.23. The molecule has 0 atom stereocenters. The summed E-state index contributed by atoms with van der Waals surface area (Å²) in [6.07, 6.45) is 3.91. The predicted molar refractivity (Wildman–Crippen MR) is 107 cm³/mol. The normalized spacial score (nSPS) is 15.5. The molecule has 0 radical (unpaired) electrons. The third kappa shape index (κ3) is 9.66. The summed E-state index contributed by atoms with van der Waals surface area (Å²) in [5.41, 5.74) is 1.25. The summed E-state index contributed by atoms with van der Waals surface area (Å²) >= 11 is 1.89. The summed E-state index contributed by atoms with van der Waals surface area (Å²) in [4.78, 5) is 1.26. The lowest BCUT2D eigenvalue weighted by Gasteiger charge is -2.17. The number of hydrogen-bond acceptors (Lipinski definition) is 4. The quantitative estimate of drug-likeness (QED) is 0.413. The number of aryl methyl sites for hydroxylation is 1. The van der Waals surface area contributed by atoms with Crippen LogP contribution in [0.5, 0.6) is 0 Å². The standard InChI is InChI=1S/C20H32O3S2/c1-20(2,3)16-23-11-5-12-25(21,22)13-10-17-6-4-7-19(14-17)24-15-18-8-9-18/h4,6-7,14,18H,5,8-13,15-16H2,1-3H3. The molecule has 1 fully saturated rings. The Morgan fingerprint density at radius 3 is 2.64 bits per heavy atom. The molecule has 1 saturated carbocycles. The number of sulfone groups is 1. The average Bonchev–Trinajstić information content (AvgIpc) is 3.34. The van der Waals surface area contributed by atoms with Crippen molar-refractivity contribution in [2.45, 2.75) is 51.3 Å². The summed E-state index contributed by atoms with van der Waals surface area (Å²) in [6.45, 7) is 7.52. The van der Waals surface area contributed by atoms with E-state index in [2.05, 4.69) is 32.9 Å².